The second-order valence-corrected chi connectivity index (χ2v) is 5.81. The minimum absolute atomic E-state index is 0.120. The van der Waals surface area contributed by atoms with Gasteiger partial charge in [-0.25, -0.2) is 0 Å². The smallest absolute Gasteiger partial charge is 0.223 e. The third-order valence-electron chi connectivity index (χ3n) is 4.10. The van der Waals surface area contributed by atoms with Crippen LogP contribution >= 0.6 is 0 Å². The summed E-state index contributed by atoms with van der Waals surface area (Å²) in [6.07, 6.45) is 1.99. The zero-order valence-electron chi connectivity index (χ0n) is 12.2. The predicted octanol–water partition coefficient (Wildman–Crippen LogP) is 4.05. The third-order valence-corrected chi connectivity index (χ3v) is 4.10. The Morgan fingerprint density at radius 3 is 2.50 bits per heavy atom. The molecule has 22 heavy (non-hydrogen) atoms. The summed E-state index contributed by atoms with van der Waals surface area (Å²) in [5, 5.41) is 4.19. The topological polar surface area (TPSA) is 42.2 Å². The van der Waals surface area contributed by atoms with Crippen molar-refractivity contribution < 1.29 is 9.21 Å². The van der Waals surface area contributed by atoms with E-state index in [2.05, 4.69) is 5.32 Å². The SMILES string of the molecule is O=C(N[C@H](c1ccccc1)c1cc2ccccc2o1)C1CC1. The lowest BCUT2D eigenvalue weighted by atomic mass is 10.0. The van der Waals surface area contributed by atoms with Crippen LogP contribution < -0.4 is 5.32 Å². The average molecular weight is 291 g/mol. The molecule has 1 heterocycles. The lowest BCUT2D eigenvalue weighted by molar-refractivity contribution is -0.122. The summed E-state index contributed by atoms with van der Waals surface area (Å²) in [6, 6.07) is 19.7. The van der Waals surface area contributed by atoms with E-state index in [1.165, 1.54) is 0 Å². The van der Waals surface area contributed by atoms with Crippen LogP contribution in [0.4, 0.5) is 0 Å². The Morgan fingerprint density at radius 1 is 1.05 bits per heavy atom. The van der Waals surface area contributed by atoms with Gasteiger partial charge in [0.2, 0.25) is 5.91 Å². The van der Waals surface area contributed by atoms with Crippen molar-refractivity contribution in [2.24, 2.45) is 5.92 Å². The van der Waals surface area contributed by atoms with Crippen molar-refractivity contribution >= 4 is 16.9 Å². The number of carbonyl (C=O) groups is 1. The summed E-state index contributed by atoms with van der Waals surface area (Å²) in [6.45, 7) is 0. The molecule has 0 radical (unpaired) electrons. The summed E-state index contributed by atoms with van der Waals surface area (Å²) < 4.78 is 5.97. The number of carbonyl (C=O) groups excluding carboxylic acids is 1. The maximum absolute atomic E-state index is 12.2. The third kappa shape index (κ3) is 2.50. The summed E-state index contributed by atoms with van der Waals surface area (Å²) in [7, 11) is 0. The first-order valence-corrected chi connectivity index (χ1v) is 7.65. The van der Waals surface area contributed by atoms with Crippen LogP contribution in [0, 0.1) is 5.92 Å². The Morgan fingerprint density at radius 2 is 1.77 bits per heavy atom. The first kappa shape index (κ1) is 13.1. The van der Waals surface area contributed by atoms with Crippen LogP contribution in [0.25, 0.3) is 11.0 Å². The molecule has 0 unspecified atom stereocenters. The van der Waals surface area contributed by atoms with E-state index < -0.39 is 0 Å². The molecule has 1 aromatic heterocycles. The second kappa shape index (κ2) is 5.34. The molecule has 1 aliphatic carbocycles. The lowest BCUT2D eigenvalue weighted by Gasteiger charge is -2.17. The monoisotopic (exact) mass is 291 g/mol. The van der Waals surface area contributed by atoms with Gasteiger partial charge in [-0.2, -0.15) is 0 Å². The highest BCUT2D eigenvalue weighted by Gasteiger charge is 2.32. The maximum atomic E-state index is 12.2. The fourth-order valence-electron chi connectivity index (χ4n) is 2.71. The van der Waals surface area contributed by atoms with Gasteiger partial charge in [-0.05, 0) is 30.5 Å². The molecule has 4 rings (SSSR count). The molecule has 1 fully saturated rings. The molecule has 0 spiro atoms. The van der Waals surface area contributed by atoms with Crippen LogP contribution in [-0.2, 0) is 4.79 Å². The molecular formula is C19H17NO2. The van der Waals surface area contributed by atoms with Gasteiger partial charge in [0, 0.05) is 11.3 Å². The van der Waals surface area contributed by atoms with E-state index in [9.17, 15) is 4.79 Å². The molecule has 0 bridgehead atoms. The largest absolute Gasteiger partial charge is 0.459 e. The second-order valence-electron chi connectivity index (χ2n) is 5.81. The van der Waals surface area contributed by atoms with Crippen LogP contribution in [0.3, 0.4) is 0 Å². The summed E-state index contributed by atoms with van der Waals surface area (Å²) in [5.74, 6) is 1.08. The number of amides is 1. The van der Waals surface area contributed by atoms with Gasteiger partial charge in [0.15, 0.2) is 0 Å². The number of furan rings is 1. The highest BCUT2D eigenvalue weighted by atomic mass is 16.3. The van der Waals surface area contributed by atoms with E-state index in [1.54, 1.807) is 0 Å². The van der Waals surface area contributed by atoms with Crippen molar-refractivity contribution in [1.29, 1.82) is 0 Å². The first-order chi connectivity index (χ1) is 10.8. The van der Waals surface area contributed by atoms with Gasteiger partial charge in [0.05, 0.1) is 0 Å². The van der Waals surface area contributed by atoms with Crippen LogP contribution in [0.2, 0.25) is 0 Å². The van der Waals surface area contributed by atoms with Gasteiger partial charge in [0.25, 0.3) is 0 Å². The lowest BCUT2D eigenvalue weighted by Crippen LogP contribution is -2.30. The Balaban J connectivity index is 1.73. The Bertz CT molecular complexity index is 769. The van der Waals surface area contributed by atoms with E-state index in [0.717, 1.165) is 35.1 Å². The number of nitrogens with one attached hydrogen (secondary N) is 1. The van der Waals surface area contributed by atoms with Gasteiger partial charge < -0.3 is 9.73 Å². The molecule has 3 heteroatoms. The standard InChI is InChI=1S/C19H17NO2/c21-19(14-10-11-14)20-18(13-6-2-1-3-7-13)17-12-15-8-4-5-9-16(15)22-17/h1-9,12,14,18H,10-11H2,(H,20,21)/t18-/m1/s1. The minimum Gasteiger partial charge on any atom is -0.459 e. The quantitative estimate of drug-likeness (QED) is 0.788. The number of rotatable bonds is 4. The van der Waals surface area contributed by atoms with E-state index in [1.807, 2.05) is 60.7 Å². The van der Waals surface area contributed by atoms with E-state index in [-0.39, 0.29) is 17.9 Å². The summed E-state index contributed by atoms with van der Waals surface area (Å²) in [5.41, 5.74) is 1.88. The molecule has 1 N–H and O–H groups in total. The number of benzene rings is 2. The molecular weight excluding hydrogens is 274 g/mol. The Hall–Kier alpha value is -2.55. The zero-order chi connectivity index (χ0) is 14.9. The Labute approximate surface area is 128 Å². The van der Waals surface area contributed by atoms with Crippen LogP contribution in [0.15, 0.2) is 65.1 Å². The molecule has 3 aromatic rings. The fourth-order valence-corrected chi connectivity index (χ4v) is 2.71. The molecule has 1 saturated carbocycles. The molecule has 0 saturated heterocycles. The van der Waals surface area contributed by atoms with Gasteiger partial charge >= 0.3 is 0 Å². The number of hydrogen-bond donors (Lipinski definition) is 1. The first-order valence-electron chi connectivity index (χ1n) is 7.65. The number of fused-ring (bicyclic) bond motifs is 1. The van der Waals surface area contributed by atoms with Crippen LogP contribution in [-0.4, -0.2) is 5.91 Å². The fraction of sp³-hybridized carbons (Fsp3) is 0.211. The molecule has 1 amide bonds. The highest BCUT2D eigenvalue weighted by Crippen LogP contribution is 2.32. The van der Waals surface area contributed by atoms with E-state index >= 15 is 0 Å². The molecule has 2 aromatic carbocycles. The molecule has 1 atom stereocenters. The Kier molecular flexibility index (Phi) is 3.19. The predicted molar refractivity (Wildman–Crippen MR) is 85.4 cm³/mol. The number of para-hydroxylation sites is 1. The number of hydrogen-bond acceptors (Lipinski definition) is 2. The summed E-state index contributed by atoms with van der Waals surface area (Å²) in [4.78, 5) is 12.2. The van der Waals surface area contributed by atoms with Crippen LogP contribution in [0.5, 0.6) is 0 Å². The van der Waals surface area contributed by atoms with Crippen molar-refractivity contribution in [2.75, 3.05) is 0 Å². The molecule has 3 nitrogen and oxygen atoms in total. The van der Waals surface area contributed by atoms with Crippen molar-refractivity contribution in [2.45, 2.75) is 18.9 Å². The van der Waals surface area contributed by atoms with Crippen molar-refractivity contribution in [1.82, 2.24) is 5.32 Å². The molecule has 110 valence electrons. The minimum atomic E-state index is -0.235. The van der Waals surface area contributed by atoms with Crippen molar-refractivity contribution in [3.05, 3.63) is 72.0 Å². The van der Waals surface area contributed by atoms with Crippen LogP contribution in [0.1, 0.15) is 30.2 Å². The zero-order valence-corrected chi connectivity index (χ0v) is 12.2. The van der Waals surface area contributed by atoms with Gasteiger partial charge in [-0.3, -0.25) is 4.79 Å². The van der Waals surface area contributed by atoms with Crippen molar-refractivity contribution in [3.63, 3.8) is 0 Å². The van der Waals surface area contributed by atoms with E-state index in [4.69, 9.17) is 4.42 Å². The van der Waals surface area contributed by atoms with E-state index in [0.29, 0.717) is 0 Å². The van der Waals surface area contributed by atoms with Gasteiger partial charge in [0.1, 0.15) is 17.4 Å². The normalized spacial score (nSPS) is 15.6. The van der Waals surface area contributed by atoms with Gasteiger partial charge in [-0.15, -0.1) is 0 Å². The highest BCUT2D eigenvalue weighted by molar-refractivity contribution is 5.82. The molecule has 1 aliphatic rings. The summed E-state index contributed by atoms with van der Waals surface area (Å²) >= 11 is 0. The molecule has 0 aliphatic heterocycles. The maximum Gasteiger partial charge on any atom is 0.223 e. The van der Waals surface area contributed by atoms with Crippen molar-refractivity contribution in [3.8, 4) is 0 Å². The average Bonchev–Trinajstić information content (AvgIpc) is 3.32. The van der Waals surface area contributed by atoms with Gasteiger partial charge in [-0.1, -0.05) is 48.5 Å².